The van der Waals surface area contributed by atoms with Crippen LogP contribution in [0.1, 0.15) is 51.0 Å². The van der Waals surface area contributed by atoms with Crippen molar-refractivity contribution >= 4 is 35.6 Å². The molecule has 168 valence electrons. The molecule has 2 heterocycles. The first kappa shape index (κ1) is 23.6. The van der Waals surface area contributed by atoms with Crippen LogP contribution in [0.3, 0.4) is 0 Å². The Labute approximate surface area is 197 Å². The van der Waals surface area contributed by atoms with Crippen molar-refractivity contribution in [3.63, 3.8) is 0 Å². The molecule has 1 saturated carbocycles. The lowest BCUT2D eigenvalue weighted by atomic mass is 9.82. The van der Waals surface area contributed by atoms with E-state index in [1.807, 2.05) is 17.0 Å². The van der Waals surface area contributed by atoms with Crippen LogP contribution in [-0.2, 0) is 6.54 Å². The molecule has 0 bridgehead atoms. The Hall–Kier alpha value is -1.09. The van der Waals surface area contributed by atoms with Gasteiger partial charge in [0.2, 0.25) is 0 Å². The van der Waals surface area contributed by atoms with E-state index in [-0.39, 0.29) is 35.9 Å². The zero-order valence-corrected chi connectivity index (χ0v) is 20.4. The molecule has 0 spiro atoms. The molecule has 2 aliphatic heterocycles. The molecular formula is C23H36FIN4O. The van der Waals surface area contributed by atoms with E-state index in [2.05, 4.69) is 17.1 Å². The minimum atomic E-state index is -0.248. The van der Waals surface area contributed by atoms with Gasteiger partial charge in [-0.25, -0.2) is 9.38 Å². The zero-order chi connectivity index (χ0) is 20.2. The van der Waals surface area contributed by atoms with E-state index in [0.717, 1.165) is 43.0 Å². The number of fused-ring (bicyclic) bond motifs is 1. The summed E-state index contributed by atoms with van der Waals surface area (Å²) in [6.45, 7) is 7.05. The summed E-state index contributed by atoms with van der Waals surface area (Å²) in [5, 5.41) is 13.1. The molecule has 3 aliphatic rings. The quantitative estimate of drug-likeness (QED) is 0.351. The first-order valence-corrected chi connectivity index (χ1v) is 11.4. The van der Waals surface area contributed by atoms with Gasteiger partial charge in [-0.3, -0.25) is 0 Å². The molecule has 5 nitrogen and oxygen atoms in total. The summed E-state index contributed by atoms with van der Waals surface area (Å²) in [4.78, 5) is 9.28. The van der Waals surface area contributed by atoms with Gasteiger partial charge < -0.3 is 20.2 Å². The van der Waals surface area contributed by atoms with Crippen molar-refractivity contribution in [3.8, 4) is 0 Å². The molecule has 1 aromatic rings. The van der Waals surface area contributed by atoms with E-state index < -0.39 is 0 Å². The summed E-state index contributed by atoms with van der Waals surface area (Å²) in [7, 11) is 0. The summed E-state index contributed by atoms with van der Waals surface area (Å²) >= 11 is 0. The highest BCUT2D eigenvalue weighted by Crippen LogP contribution is 2.36. The lowest BCUT2D eigenvalue weighted by molar-refractivity contribution is 0.145. The van der Waals surface area contributed by atoms with Gasteiger partial charge in [0.05, 0.1) is 18.3 Å². The lowest BCUT2D eigenvalue weighted by Crippen LogP contribution is -2.40. The minimum absolute atomic E-state index is 0. The first-order chi connectivity index (χ1) is 14.1. The van der Waals surface area contributed by atoms with Gasteiger partial charge in [-0.2, -0.15) is 0 Å². The second kappa shape index (κ2) is 11.0. The van der Waals surface area contributed by atoms with Crippen molar-refractivity contribution < 1.29 is 9.50 Å². The van der Waals surface area contributed by atoms with Crippen molar-refractivity contribution in [2.45, 2.75) is 58.1 Å². The zero-order valence-electron chi connectivity index (χ0n) is 18.0. The molecule has 0 radical (unpaired) electrons. The van der Waals surface area contributed by atoms with Gasteiger partial charge >= 0.3 is 0 Å². The largest absolute Gasteiger partial charge is 0.393 e. The van der Waals surface area contributed by atoms with E-state index in [0.29, 0.717) is 38.2 Å². The fourth-order valence-electron chi connectivity index (χ4n) is 5.18. The van der Waals surface area contributed by atoms with Crippen LogP contribution in [0.25, 0.3) is 0 Å². The van der Waals surface area contributed by atoms with Crippen molar-refractivity contribution in [1.29, 1.82) is 0 Å². The molecule has 0 aromatic heterocycles. The number of likely N-dealkylation sites (tertiary alicyclic amines) is 1. The minimum Gasteiger partial charge on any atom is -0.393 e. The Morgan fingerprint density at radius 1 is 1.13 bits per heavy atom. The maximum atomic E-state index is 14.7. The van der Waals surface area contributed by atoms with Crippen LogP contribution in [0.5, 0.6) is 0 Å². The number of piperidine rings is 1. The monoisotopic (exact) mass is 530 g/mol. The molecule has 2 saturated heterocycles. The van der Waals surface area contributed by atoms with Crippen molar-refractivity contribution in [3.05, 3.63) is 29.6 Å². The van der Waals surface area contributed by atoms with E-state index >= 15 is 0 Å². The Morgan fingerprint density at radius 3 is 2.40 bits per heavy atom. The highest BCUT2D eigenvalue weighted by atomic mass is 127. The molecule has 3 fully saturated rings. The second-order valence-corrected chi connectivity index (χ2v) is 8.88. The third-order valence-electron chi connectivity index (χ3n) is 6.84. The Morgan fingerprint density at radius 2 is 1.80 bits per heavy atom. The summed E-state index contributed by atoms with van der Waals surface area (Å²) < 4.78 is 14.7. The van der Waals surface area contributed by atoms with Crippen LogP contribution in [0, 0.1) is 17.7 Å². The summed E-state index contributed by atoms with van der Waals surface area (Å²) in [5.41, 5.74) is 1.54. The van der Waals surface area contributed by atoms with Crippen LogP contribution in [-0.4, -0.2) is 54.8 Å². The van der Waals surface area contributed by atoms with Crippen LogP contribution >= 0.6 is 24.0 Å². The molecular weight excluding hydrogens is 494 g/mol. The fraction of sp³-hybridized carbons (Fsp3) is 0.696. The Balaban J connectivity index is 0.00000256. The smallest absolute Gasteiger partial charge is 0.194 e. The predicted molar refractivity (Wildman–Crippen MR) is 131 cm³/mol. The van der Waals surface area contributed by atoms with Crippen molar-refractivity contribution in [2.24, 2.45) is 16.8 Å². The standard InChI is InChI=1S/C23H35FN4O.HI/c1-2-25-23(28-15-18-5-3-4-6-19(18)16-28)26-14-17-7-8-22(21(24)13-17)27-11-9-20(29)10-12-27;/h7-8,13,18-20,29H,2-6,9-12,14-16H2,1H3,(H,25,26);1H. The highest BCUT2D eigenvalue weighted by molar-refractivity contribution is 14.0. The number of hydrogen-bond donors (Lipinski definition) is 2. The third-order valence-corrected chi connectivity index (χ3v) is 6.84. The number of aliphatic imine (C=N–C) groups is 1. The maximum Gasteiger partial charge on any atom is 0.194 e. The molecule has 2 N–H and O–H groups in total. The maximum absolute atomic E-state index is 14.7. The molecule has 1 aliphatic carbocycles. The molecule has 0 amide bonds. The van der Waals surface area contributed by atoms with Crippen LogP contribution in [0.2, 0.25) is 0 Å². The number of rotatable bonds is 4. The molecule has 1 aromatic carbocycles. The predicted octanol–water partition coefficient (Wildman–Crippen LogP) is 3.99. The number of aliphatic hydroxyl groups is 1. The molecule has 30 heavy (non-hydrogen) atoms. The number of guanidine groups is 1. The van der Waals surface area contributed by atoms with Crippen molar-refractivity contribution in [2.75, 3.05) is 37.6 Å². The number of nitrogens with one attached hydrogen (secondary N) is 1. The Kier molecular flexibility index (Phi) is 8.62. The highest BCUT2D eigenvalue weighted by Gasteiger charge is 2.35. The van der Waals surface area contributed by atoms with Gasteiger partial charge in [0, 0.05) is 32.7 Å². The average Bonchev–Trinajstić information content (AvgIpc) is 3.16. The second-order valence-electron chi connectivity index (χ2n) is 8.88. The molecule has 4 rings (SSSR count). The average molecular weight is 530 g/mol. The van der Waals surface area contributed by atoms with E-state index in [9.17, 15) is 9.50 Å². The van der Waals surface area contributed by atoms with Gasteiger partial charge in [0.1, 0.15) is 5.82 Å². The van der Waals surface area contributed by atoms with E-state index in [4.69, 9.17) is 4.99 Å². The SMILES string of the molecule is CCNC(=NCc1ccc(N2CCC(O)CC2)c(F)c1)N1CC2CCCCC2C1.I. The summed E-state index contributed by atoms with van der Waals surface area (Å²) in [5.74, 6) is 2.41. The third kappa shape index (κ3) is 5.58. The fourth-order valence-corrected chi connectivity index (χ4v) is 5.18. The van der Waals surface area contributed by atoms with Crippen LogP contribution in [0.15, 0.2) is 23.2 Å². The molecule has 2 unspecified atom stereocenters. The number of benzene rings is 1. The number of anilines is 1. The van der Waals surface area contributed by atoms with E-state index in [1.165, 1.54) is 25.7 Å². The van der Waals surface area contributed by atoms with Crippen molar-refractivity contribution in [1.82, 2.24) is 10.2 Å². The first-order valence-electron chi connectivity index (χ1n) is 11.4. The van der Waals surface area contributed by atoms with Gasteiger partial charge in [-0.05, 0) is 62.1 Å². The number of hydrogen-bond acceptors (Lipinski definition) is 3. The van der Waals surface area contributed by atoms with Crippen LogP contribution < -0.4 is 10.2 Å². The van der Waals surface area contributed by atoms with Gasteiger partial charge in [0.15, 0.2) is 5.96 Å². The van der Waals surface area contributed by atoms with Gasteiger partial charge in [0.25, 0.3) is 0 Å². The topological polar surface area (TPSA) is 51.1 Å². The van der Waals surface area contributed by atoms with E-state index in [1.54, 1.807) is 6.07 Å². The molecule has 2 atom stereocenters. The number of aliphatic hydroxyl groups excluding tert-OH is 1. The summed E-state index contributed by atoms with van der Waals surface area (Å²) in [6, 6.07) is 5.48. The normalized spacial score (nSPS) is 25.1. The number of halogens is 2. The summed E-state index contributed by atoms with van der Waals surface area (Å²) in [6.07, 6.45) is 6.59. The Bertz CT molecular complexity index is 709. The molecule has 7 heteroatoms. The lowest BCUT2D eigenvalue weighted by Gasteiger charge is -2.31. The number of nitrogens with zero attached hydrogens (tertiary/aromatic N) is 3. The van der Waals surface area contributed by atoms with Gasteiger partial charge in [-0.1, -0.05) is 18.9 Å². The van der Waals surface area contributed by atoms with Crippen LogP contribution in [0.4, 0.5) is 10.1 Å². The van der Waals surface area contributed by atoms with Gasteiger partial charge in [-0.15, -0.1) is 24.0 Å².